The van der Waals surface area contributed by atoms with Crippen LogP contribution in [0, 0.1) is 0 Å². The average molecular weight is 279 g/mol. The Bertz CT molecular complexity index is 585. The maximum Gasteiger partial charge on any atom is 0.231 e. The van der Waals surface area contributed by atoms with Crippen molar-refractivity contribution in [3.63, 3.8) is 0 Å². The Balaban J connectivity index is 2.48. The average Bonchev–Trinajstić information content (AvgIpc) is 2.36. The molecule has 5 nitrogen and oxygen atoms in total. The summed E-state index contributed by atoms with van der Waals surface area (Å²) in [7, 11) is 0.548. The van der Waals surface area contributed by atoms with E-state index >= 15 is 0 Å². The van der Waals surface area contributed by atoms with Gasteiger partial charge in [0.15, 0.2) is 5.96 Å². The molecular weight excluding hydrogens is 262 g/mol. The highest BCUT2D eigenvalue weighted by Crippen LogP contribution is 2.33. The third-order valence-electron chi connectivity index (χ3n) is 3.36. The van der Waals surface area contributed by atoms with E-state index in [2.05, 4.69) is 4.99 Å². The first-order chi connectivity index (χ1) is 8.83. The maximum absolute atomic E-state index is 11.9. The number of hydrogen-bond donors (Lipinski definition) is 1. The smallest absolute Gasteiger partial charge is 0.231 e. The Kier molecular flexibility index (Phi) is 3.45. The summed E-state index contributed by atoms with van der Waals surface area (Å²) in [6.45, 7) is 1.86. The number of nitrogens with zero attached hydrogens (tertiary/aromatic N) is 2. The number of guanidine groups is 1. The molecule has 0 fully saturated rings. The second-order valence-corrected chi connectivity index (χ2v) is 6.23. The van der Waals surface area contributed by atoms with E-state index in [4.69, 9.17) is 5.73 Å². The van der Waals surface area contributed by atoms with E-state index in [9.17, 15) is 9.00 Å². The van der Waals surface area contributed by atoms with Gasteiger partial charge in [-0.1, -0.05) is 12.1 Å². The summed E-state index contributed by atoms with van der Waals surface area (Å²) in [6, 6.07) is 7.33. The van der Waals surface area contributed by atoms with Crippen molar-refractivity contribution in [3.05, 3.63) is 29.8 Å². The molecular formula is C13H17N3O2S. The molecule has 19 heavy (non-hydrogen) atoms. The van der Waals surface area contributed by atoms with Gasteiger partial charge in [-0.15, -0.1) is 0 Å². The van der Waals surface area contributed by atoms with E-state index < -0.39 is 16.3 Å². The quantitative estimate of drug-likeness (QED) is 0.870. The van der Waals surface area contributed by atoms with Gasteiger partial charge in [0.1, 0.15) is 0 Å². The molecule has 1 aromatic rings. The third-order valence-corrected chi connectivity index (χ3v) is 4.28. The minimum atomic E-state index is -1.06. The Morgan fingerprint density at radius 1 is 1.47 bits per heavy atom. The van der Waals surface area contributed by atoms with Crippen molar-refractivity contribution >= 4 is 22.7 Å². The molecule has 1 unspecified atom stereocenters. The van der Waals surface area contributed by atoms with Crippen molar-refractivity contribution in [3.8, 4) is 0 Å². The molecule has 1 aromatic carbocycles. The highest BCUT2D eigenvalue weighted by Gasteiger charge is 2.36. The number of aliphatic imine (C=N–C) groups is 1. The predicted molar refractivity (Wildman–Crippen MR) is 75.1 cm³/mol. The number of hydrogen-bond acceptors (Lipinski definition) is 4. The lowest BCUT2D eigenvalue weighted by Gasteiger charge is -2.33. The molecule has 2 atom stereocenters. The summed E-state index contributed by atoms with van der Waals surface area (Å²) in [5, 5.41) is 0. The zero-order chi connectivity index (χ0) is 14.2. The van der Waals surface area contributed by atoms with Gasteiger partial charge in [-0.05, 0) is 24.6 Å². The van der Waals surface area contributed by atoms with Crippen molar-refractivity contribution in [2.75, 3.05) is 13.3 Å². The SMILES string of the molecule is CN1C(=O)C[C@@](C)(c2cccc(S(C)=O)c2)N=C1N. The summed E-state index contributed by atoms with van der Waals surface area (Å²) < 4.78 is 11.5. The van der Waals surface area contributed by atoms with Crippen LogP contribution in [-0.2, 0) is 21.1 Å². The van der Waals surface area contributed by atoms with E-state index in [0.29, 0.717) is 0 Å². The molecule has 0 bridgehead atoms. The predicted octanol–water partition coefficient (Wildman–Crippen LogP) is 0.816. The summed E-state index contributed by atoms with van der Waals surface area (Å²) in [5.41, 5.74) is 5.93. The summed E-state index contributed by atoms with van der Waals surface area (Å²) in [6.07, 6.45) is 1.88. The van der Waals surface area contributed by atoms with Crippen LogP contribution in [-0.4, -0.2) is 34.3 Å². The number of benzene rings is 1. The Hall–Kier alpha value is -1.69. The second-order valence-electron chi connectivity index (χ2n) is 4.86. The van der Waals surface area contributed by atoms with Gasteiger partial charge in [0, 0.05) is 29.0 Å². The van der Waals surface area contributed by atoms with E-state index in [-0.39, 0.29) is 18.3 Å². The fourth-order valence-corrected chi connectivity index (χ4v) is 2.65. The normalized spacial score (nSPS) is 25.1. The number of nitrogens with two attached hydrogens (primary N) is 1. The van der Waals surface area contributed by atoms with E-state index in [0.717, 1.165) is 10.5 Å². The largest absolute Gasteiger partial charge is 0.369 e. The first kappa shape index (κ1) is 13.7. The first-order valence-corrected chi connectivity index (χ1v) is 7.45. The van der Waals surface area contributed by atoms with Gasteiger partial charge in [-0.25, -0.2) is 4.99 Å². The standard InChI is InChI=1S/C13H17N3O2S/c1-13(8-11(17)16(2)12(14)15-13)9-5-4-6-10(7-9)19(3)18/h4-7H,8H2,1-3H3,(H2,14,15)/t13-,19?/m0/s1. The van der Waals surface area contributed by atoms with Crippen LogP contribution >= 0.6 is 0 Å². The summed E-state index contributed by atoms with van der Waals surface area (Å²) in [5.74, 6) is 0.139. The topological polar surface area (TPSA) is 75.8 Å². The van der Waals surface area contributed by atoms with Gasteiger partial charge in [0.2, 0.25) is 5.91 Å². The number of carbonyl (C=O) groups excluding carboxylic acids is 1. The Morgan fingerprint density at radius 3 is 2.74 bits per heavy atom. The molecule has 1 aliphatic heterocycles. The van der Waals surface area contributed by atoms with Gasteiger partial charge in [0.25, 0.3) is 0 Å². The number of carbonyl (C=O) groups is 1. The molecule has 1 aliphatic rings. The van der Waals surface area contributed by atoms with Crippen LogP contribution in [0.3, 0.4) is 0 Å². The lowest BCUT2D eigenvalue weighted by Crippen LogP contribution is -2.47. The van der Waals surface area contributed by atoms with Gasteiger partial charge in [-0.2, -0.15) is 0 Å². The van der Waals surface area contributed by atoms with Crippen molar-refractivity contribution in [1.29, 1.82) is 0 Å². The first-order valence-electron chi connectivity index (χ1n) is 5.89. The van der Waals surface area contributed by atoms with Crippen LogP contribution in [0.5, 0.6) is 0 Å². The van der Waals surface area contributed by atoms with E-state index in [1.54, 1.807) is 19.4 Å². The minimum Gasteiger partial charge on any atom is -0.369 e. The van der Waals surface area contributed by atoms with Crippen molar-refractivity contribution in [1.82, 2.24) is 4.90 Å². The molecule has 0 spiro atoms. The molecule has 6 heteroatoms. The highest BCUT2D eigenvalue weighted by molar-refractivity contribution is 7.84. The molecule has 0 saturated heterocycles. The van der Waals surface area contributed by atoms with Crippen LogP contribution in [0.25, 0.3) is 0 Å². The van der Waals surface area contributed by atoms with Gasteiger partial charge in [0.05, 0.1) is 12.0 Å². The fourth-order valence-electron chi connectivity index (χ4n) is 2.08. The van der Waals surface area contributed by atoms with Gasteiger partial charge >= 0.3 is 0 Å². The molecule has 1 amide bonds. The molecule has 0 saturated carbocycles. The van der Waals surface area contributed by atoms with Crippen LogP contribution in [0.2, 0.25) is 0 Å². The Morgan fingerprint density at radius 2 is 2.16 bits per heavy atom. The lowest BCUT2D eigenvalue weighted by molar-refractivity contribution is -0.128. The zero-order valence-corrected chi connectivity index (χ0v) is 12.0. The van der Waals surface area contributed by atoms with Crippen LogP contribution < -0.4 is 5.73 Å². The molecule has 102 valence electrons. The molecule has 0 aromatic heterocycles. The molecule has 2 rings (SSSR count). The van der Waals surface area contributed by atoms with Crippen LogP contribution in [0.1, 0.15) is 18.9 Å². The zero-order valence-electron chi connectivity index (χ0n) is 11.2. The highest BCUT2D eigenvalue weighted by atomic mass is 32.2. The van der Waals surface area contributed by atoms with E-state index in [1.807, 2.05) is 25.1 Å². The van der Waals surface area contributed by atoms with Crippen molar-refractivity contribution in [2.45, 2.75) is 23.8 Å². The molecule has 0 aliphatic carbocycles. The minimum absolute atomic E-state index is 0.0713. The van der Waals surface area contributed by atoms with Crippen molar-refractivity contribution < 1.29 is 9.00 Å². The Labute approximate surface area is 115 Å². The fraction of sp³-hybridized carbons (Fsp3) is 0.385. The van der Waals surface area contributed by atoms with Crippen LogP contribution in [0.15, 0.2) is 34.2 Å². The van der Waals surface area contributed by atoms with Gasteiger partial charge in [-0.3, -0.25) is 13.9 Å². The van der Waals surface area contributed by atoms with Crippen LogP contribution in [0.4, 0.5) is 0 Å². The van der Waals surface area contributed by atoms with E-state index in [1.165, 1.54) is 4.90 Å². The third kappa shape index (κ3) is 2.53. The monoisotopic (exact) mass is 279 g/mol. The molecule has 0 radical (unpaired) electrons. The summed E-state index contributed by atoms with van der Waals surface area (Å²) in [4.78, 5) is 18.4. The molecule has 1 heterocycles. The van der Waals surface area contributed by atoms with Gasteiger partial charge < -0.3 is 5.73 Å². The summed E-state index contributed by atoms with van der Waals surface area (Å²) >= 11 is 0. The number of rotatable bonds is 2. The van der Waals surface area contributed by atoms with Crippen molar-refractivity contribution in [2.24, 2.45) is 10.7 Å². The second kappa shape index (κ2) is 4.77. The number of amides is 1. The lowest BCUT2D eigenvalue weighted by atomic mass is 9.88. The maximum atomic E-state index is 11.9. The molecule has 2 N–H and O–H groups in total.